The fourth-order valence-electron chi connectivity index (χ4n) is 1.80. The lowest BCUT2D eigenvalue weighted by molar-refractivity contribution is 0.104. The Morgan fingerprint density at radius 2 is 2.37 bits per heavy atom. The molecule has 1 saturated carbocycles. The smallest absolute Gasteiger partial charge is 0.214 e. The Balaban J connectivity index is 1.68. The molecule has 2 heterocycles. The molecule has 98 valence electrons. The zero-order valence-electron chi connectivity index (χ0n) is 9.99. The fourth-order valence-corrected chi connectivity index (χ4v) is 2.97. The van der Waals surface area contributed by atoms with Gasteiger partial charge in [0.2, 0.25) is 5.78 Å². The van der Waals surface area contributed by atoms with Crippen LogP contribution in [-0.4, -0.2) is 25.8 Å². The number of carbonyl (C=O) groups is 1. The Hall–Kier alpha value is -1.34. The first-order valence-electron chi connectivity index (χ1n) is 5.97. The maximum Gasteiger partial charge on any atom is 0.214 e. The van der Waals surface area contributed by atoms with E-state index >= 15 is 0 Å². The number of nitrogens with zero attached hydrogens (tertiary/aromatic N) is 4. The zero-order valence-corrected chi connectivity index (χ0v) is 12.4. The van der Waals surface area contributed by atoms with Crippen LogP contribution >= 0.6 is 27.3 Å². The molecule has 1 aliphatic rings. The van der Waals surface area contributed by atoms with Crippen LogP contribution in [0.3, 0.4) is 0 Å². The predicted molar refractivity (Wildman–Crippen MR) is 76.1 cm³/mol. The van der Waals surface area contributed by atoms with Gasteiger partial charge in [0.15, 0.2) is 5.01 Å². The number of thiazole rings is 1. The van der Waals surface area contributed by atoms with E-state index in [1.54, 1.807) is 11.5 Å². The molecule has 7 heteroatoms. The van der Waals surface area contributed by atoms with Crippen LogP contribution in [0.4, 0.5) is 0 Å². The number of hydrogen-bond donors (Lipinski definition) is 0. The van der Waals surface area contributed by atoms with E-state index in [9.17, 15) is 4.79 Å². The van der Waals surface area contributed by atoms with Gasteiger partial charge < -0.3 is 0 Å². The number of ketones is 1. The van der Waals surface area contributed by atoms with E-state index in [-0.39, 0.29) is 5.78 Å². The van der Waals surface area contributed by atoms with E-state index in [1.165, 1.54) is 36.7 Å². The molecule has 0 aromatic carbocycles. The molecule has 2 aromatic rings. The molecule has 0 spiro atoms. The lowest BCUT2D eigenvalue weighted by atomic mass is 9.93. The minimum atomic E-state index is -0.117. The molecule has 3 rings (SSSR count). The lowest BCUT2D eigenvalue weighted by Crippen LogP contribution is -2.17. The summed E-state index contributed by atoms with van der Waals surface area (Å²) in [4.78, 5) is 15.9. The molecule has 2 aromatic heterocycles. The van der Waals surface area contributed by atoms with Gasteiger partial charge in [0.05, 0.1) is 12.2 Å². The van der Waals surface area contributed by atoms with Crippen LogP contribution in [0.2, 0.25) is 0 Å². The highest BCUT2D eigenvalue weighted by Crippen LogP contribution is 2.30. The number of hydrogen-bond acceptors (Lipinski definition) is 5. The predicted octanol–water partition coefficient (Wildman–Crippen LogP) is 3.12. The standard InChI is InChI=1S/C12H11BrN4OS/c13-11-7-19-12(14-11)10(18)5-4-8-6-17(16-15-8)9-2-1-3-9/h4-7,9H,1-3H2. The monoisotopic (exact) mass is 338 g/mol. The molecule has 0 radical (unpaired) electrons. The Kier molecular flexibility index (Phi) is 3.56. The van der Waals surface area contributed by atoms with Crippen molar-refractivity contribution in [2.45, 2.75) is 25.3 Å². The molecule has 0 saturated heterocycles. The van der Waals surface area contributed by atoms with Gasteiger partial charge >= 0.3 is 0 Å². The van der Waals surface area contributed by atoms with Gasteiger partial charge in [-0.1, -0.05) is 5.21 Å². The lowest BCUT2D eigenvalue weighted by Gasteiger charge is -2.24. The van der Waals surface area contributed by atoms with Gasteiger partial charge in [0, 0.05) is 5.38 Å². The van der Waals surface area contributed by atoms with E-state index in [0.29, 0.717) is 21.3 Å². The number of halogens is 1. The summed E-state index contributed by atoms with van der Waals surface area (Å²) in [5.41, 5.74) is 0.705. The molecule has 19 heavy (non-hydrogen) atoms. The van der Waals surface area contributed by atoms with Gasteiger partial charge in [-0.15, -0.1) is 16.4 Å². The highest BCUT2D eigenvalue weighted by Gasteiger charge is 2.20. The molecule has 0 aliphatic heterocycles. The van der Waals surface area contributed by atoms with E-state index in [1.807, 2.05) is 10.9 Å². The molecule has 1 fully saturated rings. The molecule has 5 nitrogen and oxygen atoms in total. The van der Waals surface area contributed by atoms with Gasteiger partial charge in [0.1, 0.15) is 10.3 Å². The first-order chi connectivity index (χ1) is 9.22. The van der Waals surface area contributed by atoms with Gasteiger partial charge in [-0.3, -0.25) is 4.79 Å². The minimum absolute atomic E-state index is 0.117. The number of aromatic nitrogens is 4. The van der Waals surface area contributed by atoms with Crippen molar-refractivity contribution in [3.63, 3.8) is 0 Å². The summed E-state index contributed by atoms with van der Waals surface area (Å²) in [5, 5.41) is 10.4. The molecule has 0 amide bonds. The third kappa shape index (κ3) is 2.82. The largest absolute Gasteiger partial charge is 0.287 e. The second-order valence-corrected chi connectivity index (χ2v) is 6.05. The topological polar surface area (TPSA) is 60.7 Å². The fraction of sp³-hybridized carbons (Fsp3) is 0.333. The second-order valence-electron chi connectivity index (χ2n) is 4.38. The molecule has 0 bridgehead atoms. The van der Waals surface area contributed by atoms with Gasteiger partial charge in [-0.05, 0) is 47.3 Å². The van der Waals surface area contributed by atoms with Crippen LogP contribution in [0, 0.1) is 0 Å². The minimum Gasteiger partial charge on any atom is -0.287 e. The molecular weight excluding hydrogens is 328 g/mol. The van der Waals surface area contributed by atoms with Crippen LogP contribution in [0.25, 0.3) is 6.08 Å². The van der Waals surface area contributed by atoms with Crippen molar-refractivity contribution in [3.05, 3.63) is 33.0 Å². The molecule has 0 N–H and O–H groups in total. The number of allylic oxidation sites excluding steroid dienone is 1. The van der Waals surface area contributed by atoms with E-state index in [4.69, 9.17) is 0 Å². The molecule has 1 aliphatic carbocycles. The molecule has 0 unspecified atom stereocenters. The number of rotatable bonds is 4. The van der Waals surface area contributed by atoms with Crippen molar-refractivity contribution < 1.29 is 4.79 Å². The third-order valence-electron chi connectivity index (χ3n) is 3.07. The van der Waals surface area contributed by atoms with Crippen molar-refractivity contribution in [1.82, 2.24) is 20.0 Å². The highest BCUT2D eigenvalue weighted by atomic mass is 79.9. The summed E-state index contributed by atoms with van der Waals surface area (Å²) in [7, 11) is 0. The maximum absolute atomic E-state index is 11.8. The Morgan fingerprint density at radius 1 is 1.53 bits per heavy atom. The van der Waals surface area contributed by atoms with Crippen molar-refractivity contribution >= 4 is 39.1 Å². The number of carbonyl (C=O) groups excluding carboxylic acids is 1. The first kappa shape index (κ1) is 12.7. The van der Waals surface area contributed by atoms with Gasteiger partial charge in [-0.2, -0.15) is 0 Å². The summed E-state index contributed by atoms with van der Waals surface area (Å²) in [6.45, 7) is 0. The Bertz CT molecular complexity index is 629. The zero-order chi connectivity index (χ0) is 13.2. The first-order valence-corrected chi connectivity index (χ1v) is 7.65. The average Bonchev–Trinajstić information content (AvgIpc) is 2.93. The quantitative estimate of drug-likeness (QED) is 0.634. The van der Waals surface area contributed by atoms with Crippen molar-refractivity contribution in [1.29, 1.82) is 0 Å². The normalized spacial score (nSPS) is 15.8. The van der Waals surface area contributed by atoms with E-state index in [2.05, 4.69) is 31.2 Å². The summed E-state index contributed by atoms with van der Waals surface area (Å²) >= 11 is 4.54. The van der Waals surface area contributed by atoms with Crippen molar-refractivity contribution in [3.8, 4) is 0 Å². The van der Waals surface area contributed by atoms with Crippen LogP contribution in [0.1, 0.15) is 40.8 Å². The molecule has 0 atom stereocenters. The maximum atomic E-state index is 11.8. The summed E-state index contributed by atoms with van der Waals surface area (Å²) < 4.78 is 2.57. The Morgan fingerprint density at radius 3 is 3.00 bits per heavy atom. The third-order valence-corrected chi connectivity index (χ3v) is 4.64. The van der Waals surface area contributed by atoms with E-state index in [0.717, 1.165) is 0 Å². The van der Waals surface area contributed by atoms with Crippen LogP contribution in [0.5, 0.6) is 0 Å². The van der Waals surface area contributed by atoms with Crippen LogP contribution < -0.4 is 0 Å². The summed E-state index contributed by atoms with van der Waals surface area (Å²) in [6.07, 6.45) is 8.63. The van der Waals surface area contributed by atoms with Gasteiger partial charge in [0.25, 0.3) is 0 Å². The van der Waals surface area contributed by atoms with Crippen molar-refractivity contribution in [2.24, 2.45) is 0 Å². The van der Waals surface area contributed by atoms with Crippen LogP contribution in [0.15, 0.2) is 22.3 Å². The van der Waals surface area contributed by atoms with Gasteiger partial charge in [-0.25, -0.2) is 9.67 Å². The summed E-state index contributed by atoms with van der Waals surface area (Å²) in [5.74, 6) is -0.117. The van der Waals surface area contributed by atoms with Crippen molar-refractivity contribution in [2.75, 3.05) is 0 Å². The highest BCUT2D eigenvalue weighted by molar-refractivity contribution is 9.10. The second kappa shape index (κ2) is 5.34. The molecular formula is C12H11BrN4OS. The van der Waals surface area contributed by atoms with E-state index < -0.39 is 0 Å². The average molecular weight is 339 g/mol. The van der Waals surface area contributed by atoms with Crippen LogP contribution in [-0.2, 0) is 0 Å². The SMILES string of the molecule is O=C(C=Cc1cn(C2CCC2)nn1)c1nc(Br)cs1. The Labute approximate surface area is 122 Å². The summed E-state index contributed by atoms with van der Waals surface area (Å²) in [6, 6.07) is 0.486.